The van der Waals surface area contributed by atoms with Gasteiger partial charge >= 0.3 is 0 Å². The number of hydrogen-bond donors (Lipinski definition) is 2. The van der Waals surface area contributed by atoms with E-state index in [0.29, 0.717) is 0 Å². The summed E-state index contributed by atoms with van der Waals surface area (Å²) in [5, 5.41) is 4.41. The molecule has 6 heteroatoms. The van der Waals surface area contributed by atoms with Crippen LogP contribution in [0.3, 0.4) is 0 Å². The van der Waals surface area contributed by atoms with Crippen LogP contribution in [0.25, 0.3) is 0 Å². The van der Waals surface area contributed by atoms with E-state index < -0.39 is 0 Å². The molecule has 20 heavy (non-hydrogen) atoms. The first-order valence-electron chi connectivity index (χ1n) is 6.64. The molecule has 2 rings (SSSR count). The predicted molar refractivity (Wildman–Crippen MR) is 83.0 cm³/mol. The summed E-state index contributed by atoms with van der Waals surface area (Å²) in [5.41, 5.74) is 6.36. The lowest BCUT2D eigenvalue weighted by Gasteiger charge is -2.16. The molecule has 0 bridgehead atoms. The van der Waals surface area contributed by atoms with Crippen molar-refractivity contribution in [2.45, 2.75) is 32.2 Å². The lowest BCUT2D eigenvalue weighted by atomic mass is 10.0. The number of nitrogens with one attached hydrogen (secondary N) is 1. The fourth-order valence-corrected chi connectivity index (χ4v) is 2.77. The number of pyridine rings is 1. The number of aryl methyl sites for hydroxylation is 3. The van der Waals surface area contributed by atoms with Gasteiger partial charge in [0.05, 0.1) is 15.9 Å². The summed E-state index contributed by atoms with van der Waals surface area (Å²) in [6.07, 6.45) is 6.44. The van der Waals surface area contributed by atoms with Gasteiger partial charge in [0.2, 0.25) is 0 Å². The lowest BCUT2D eigenvalue weighted by Crippen LogP contribution is -2.37. The minimum absolute atomic E-state index is 0.217. The van der Waals surface area contributed by atoms with Gasteiger partial charge in [0, 0.05) is 31.9 Å². The molecule has 108 valence electrons. The van der Waals surface area contributed by atoms with Gasteiger partial charge < -0.3 is 0 Å². The molecule has 2 heterocycles. The third-order valence-electron chi connectivity index (χ3n) is 3.47. The highest BCUT2D eigenvalue weighted by Gasteiger charge is 2.16. The SMILES string of the molecule is Cc1nn(C)c(CC(CCc2ccncc2)NN)c1Br. The number of hydrazine groups is 1. The molecule has 0 aliphatic heterocycles. The Bertz CT molecular complexity index is 552. The largest absolute Gasteiger partial charge is 0.271 e. The molecule has 0 saturated carbocycles. The van der Waals surface area contributed by atoms with E-state index in [-0.39, 0.29) is 6.04 Å². The van der Waals surface area contributed by atoms with Crippen LogP contribution >= 0.6 is 15.9 Å². The van der Waals surface area contributed by atoms with Gasteiger partial charge in [0.15, 0.2) is 0 Å². The zero-order valence-electron chi connectivity index (χ0n) is 11.8. The molecule has 3 N–H and O–H groups in total. The third-order valence-corrected chi connectivity index (χ3v) is 4.50. The summed E-state index contributed by atoms with van der Waals surface area (Å²) in [7, 11) is 1.96. The molecule has 1 unspecified atom stereocenters. The molecule has 5 nitrogen and oxygen atoms in total. The summed E-state index contributed by atoms with van der Waals surface area (Å²) < 4.78 is 2.99. The Balaban J connectivity index is 1.99. The molecule has 0 aliphatic carbocycles. The number of hydrogen-bond acceptors (Lipinski definition) is 4. The van der Waals surface area contributed by atoms with Gasteiger partial charge in [-0.15, -0.1) is 0 Å². The molecular weight excluding hydrogens is 318 g/mol. The third kappa shape index (κ3) is 3.65. The van der Waals surface area contributed by atoms with Crippen molar-refractivity contribution in [1.82, 2.24) is 20.2 Å². The Labute approximate surface area is 127 Å². The predicted octanol–water partition coefficient (Wildman–Crippen LogP) is 1.89. The monoisotopic (exact) mass is 337 g/mol. The normalized spacial score (nSPS) is 12.6. The van der Waals surface area contributed by atoms with Crippen LogP contribution in [0.1, 0.15) is 23.4 Å². The average Bonchev–Trinajstić information content (AvgIpc) is 2.70. The van der Waals surface area contributed by atoms with Gasteiger partial charge in [-0.3, -0.25) is 20.9 Å². The second-order valence-electron chi connectivity index (χ2n) is 4.93. The molecule has 0 fully saturated rings. The van der Waals surface area contributed by atoms with Gasteiger partial charge in [0.25, 0.3) is 0 Å². The first-order chi connectivity index (χ1) is 9.61. The van der Waals surface area contributed by atoms with Crippen LogP contribution in [0.2, 0.25) is 0 Å². The number of halogens is 1. The molecule has 2 aromatic heterocycles. The first kappa shape index (κ1) is 15.2. The maximum absolute atomic E-state index is 5.68. The van der Waals surface area contributed by atoms with E-state index in [4.69, 9.17) is 5.84 Å². The van der Waals surface area contributed by atoms with Crippen molar-refractivity contribution in [1.29, 1.82) is 0 Å². The Morgan fingerprint density at radius 2 is 2.10 bits per heavy atom. The highest BCUT2D eigenvalue weighted by molar-refractivity contribution is 9.10. The van der Waals surface area contributed by atoms with Gasteiger partial charge in [-0.1, -0.05) is 0 Å². The minimum atomic E-state index is 0.217. The Morgan fingerprint density at radius 3 is 2.65 bits per heavy atom. The molecule has 0 saturated heterocycles. The Kier molecular flexibility index (Phi) is 5.28. The zero-order chi connectivity index (χ0) is 14.5. The second kappa shape index (κ2) is 6.97. The fourth-order valence-electron chi connectivity index (χ4n) is 2.27. The van der Waals surface area contributed by atoms with Crippen molar-refractivity contribution in [3.63, 3.8) is 0 Å². The van der Waals surface area contributed by atoms with Crippen LogP contribution in [-0.2, 0) is 19.9 Å². The average molecular weight is 338 g/mol. The van der Waals surface area contributed by atoms with Crippen LogP contribution in [0, 0.1) is 6.92 Å². The van der Waals surface area contributed by atoms with Gasteiger partial charge in [-0.2, -0.15) is 5.10 Å². The summed E-state index contributed by atoms with van der Waals surface area (Å²) >= 11 is 3.59. The van der Waals surface area contributed by atoms with Gasteiger partial charge in [0.1, 0.15) is 0 Å². The van der Waals surface area contributed by atoms with Crippen molar-refractivity contribution in [2.24, 2.45) is 12.9 Å². The molecule has 2 aromatic rings. The van der Waals surface area contributed by atoms with E-state index in [2.05, 4.69) is 31.4 Å². The second-order valence-corrected chi connectivity index (χ2v) is 5.72. The van der Waals surface area contributed by atoms with Crippen LogP contribution in [0.5, 0.6) is 0 Å². The lowest BCUT2D eigenvalue weighted by molar-refractivity contribution is 0.477. The molecule has 0 aromatic carbocycles. The standard InChI is InChI=1S/C14H20BrN5/c1-10-14(15)13(20(2)19-10)9-12(18-16)4-3-11-5-7-17-8-6-11/h5-8,12,18H,3-4,9,16H2,1-2H3. The summed E-state index contributed by atoms with van der Waals surface area (Å²) in [6, 6.07) is 4.30. The maximum Gasteiger partial charge on any atom is 0.0738 e. The molecule has 1 atom stereocenters. The van der Waals surface area contributed by atoms with E-state index in [1.165, 1.54) is 11.3 Å². The van der Waals surface area contributed by atoms with Gasteiger partial charge in [-0.25, -0.2) is 0 Å². The summed E-state index contributed by atoms with van der Waals surface area (Å²) in [4.78, 5) is 4.03. The van der Waals surface area contributed by atoms with Crippen molar-refractivity contribution in [2.75, 3.05) is 0 Å². The van der Waals surface area contributed by atoms with E-state index in [9.17, 15) is 0 Å². The summed E-state index contributed by atoms with van der Waals surface area (Å²) in [5.74, 6) is 5.68. The topological polar surface area (TPSA) is 68.8 Å². The highest BCUT2D eigenvalue weighted by atomic mass is 79.9. The fraction of sp³-hybridized carbons (Fsp3) is 0.429. The first-order valence-corrected chi connectivity index (χ1v) is 7.44. The molecule has 0 aliphatic rings. The van der Waals surface area contributed by atoms with Gasteiger partial charge in [-0.05, 0) is 53.4 Å². The number of nitrogens with zero attached hydrogens (tertiary/aromatic N) is 3. The Morgan fingerprint density at radius 1 is 1.40 bits per heavy atom. The number of nitrogens with two attached hydrogens (primary N) is 1. The smallest absolute Gasteiger partial charge is 0.0738 e. The van der Waals surface area contributed by atoms with Crippen LogP contribution in [0.15, 0.2) is 29.0 Å². The van der Waals surface area contributed by atoms with Crippen LogP contribution in [-0.4, -0.2) is 20.8 Å². The molecule has 0 amide bonds. The maximum atomic E-state index is 5.68. The van der Waals surface area contributed by atoms with Crippen molar-refractivity contribution in [3.8, 4) is 0 Å². The van der Waals surface area contributed by atoms with Crippen LogP contribution in [0.4, 0.5) is 0 Å². The van der Waals surface area contributed by atoms with E-state index in [1.54, 1.807) is 0 Å². The number of aromatic nitrogens is 3. The zero-order valence-corrected chi connectivity index (χ0v) is 13.4. The van der Waals surface area contributed by atoms with Crippen LogP contribution < -0.4 is 11.3 Å². The molecular formula is C14H20BrN5. The van der Waals surface area contributed by atoms with Crippen molar-refractivity contribution in [3.05, 3.63) is 46.0 Å². The number of rotatable bonds is 6. The van der Waals surface area contributed by atoms with E-state index in [1.807, 2.05) is 43.2 Å². The van der Waals surface area contributed by atoms with E-state index in [0.717, 1.165) is 29.4 Å². The Hall–Kier alpha value is -1.24. The molecule has 0 spiro atoms. The molecule has 0 radical (unpaired) electrons. The quantitative estimate of drug-likeness (QED) is 0.623. The summed E-state index contributed by atoms with van der Waals surface area (Å²) in [6.45, 7) is 2.00. The highest BCUT2D eigenvalue weighted by Crippen LogP contribution is 2.22. The van der Waals surface area contributed by atoms with Crippen molar-refractivity contribution < 1.29 is 0 Å². The van der Waals surface area contributed by atoms with Crippen molar-refractivity contribution >= 4 is 15.9 Å². The minimum Gasteiger partial charge on any atom is -0.271 e. The van der Waals surface area contributed by atoms with E-state index >= 15 is 0 Å².